The molecule has 1 heterocycles. The van der Waals surface area contributed by atoms with Gasteiger partial charge in [0.15, 0.2) is 5.82 Å². The van der Waals surface area contributed by atoms with E-state index in [0.717, 1.165) is 22.5 Å². The van der Waals surface area contributed by atoms with Crippen LogP contribution in [0.1, 0.15) is 6.92 Å². The number of hydrogen-bond donors (Lipinski definition) is 2. The van der Waals surface area contributed by atoms with Crippen molar-refractivity contribution in [2.45, 2.75) is 6.92 Å². The molecule has 2 N–H and O–H groups in total. The first-order chi connectivity index (χ1) is 8.69. The summed E-state index contributed by atoms with van der Waals surface area (Å²) in [5.74, 6) is 1.38. The van der Waals surface area contributed by atoms with Crippen LogP contribution in [-0.4, -0.2) is 16.5 Å². The Balaban J connectivity index is 2.20. The molecule has 0 spiro atoms. The van der Waals surface area contributed by atoms with E-state index in [1.165, 1.54) is 0 Å². The van der Waals surface area contributed by atoms with E-state index in [9.17, 15) is 0 Å². The lowest BCUT2D eigenvalue weighted by Crippen LogP contribution is -2.02. The molecule has 6 heteroatoms. The molecule has 0 fully saturated rings. The molecule has 94 valence electrons. The summed E-state index contributed by atoms with van der Waals surface area (Å²) in [5.41, 5.74) is 0.794. The third-order valence-electron chi connectivity index (χ3n) is 2.19. The topological polar surface area (TPSA) is 49.8 Å². The predicted molar refractivity (Wildman–Crippen MR) is 78.6 cm³/mol. The highest BCUT2D eigenvalue weighted by atomic mass is 79.9. The molecule has 4 nitrogen and oxygen atoms in total. The molecule has 1 aromatic heterocycles. The highest BCUT2D eigenvalue weighted by Crippen LogP contribution is 2.27. The molecule has 0 radical (unpaired) electrons. The van der Waals surface area contributed by atoms with E-state index in [1.807, 2.05) is 25.1 Å². The molecule has 0 saturated carbocycles. The van der Waals surface area contributed by atoms with Gasteiger partial charge >= 0.3 is 0 Å². The van der Waals surface area contributed by atoms with Crippen molar-refractivity contribution in [2.24, 2.45) is 0 Å². The van der Waals surface area contributed by atoms with Crippen molar-refractivity contribution < 1.29 is 0 Å². The summed E-state index contributed by atoms with van der Waals surface area (Å²) in [6.45, 7) is 2.81. The van der Waals surface area contributed by atoms with Gasteiger partial charge in [0.2, 0.25) is 0 Å². The Kier molecular flexibility index (Phi) is 4.38. The molecule has 18 heavy (non-hydrogen) atoms. The Morgan fingerprint density at radius 2 is 2.06 bits per heavy atom. The summed E-state index contributed by atoms with van der Waals surface area (Å²) < 4.78 is 0.936. The van der Waals surface area contributed by atoms with E-state index in [1.54, 1.807) is 12.4 Å². The molecule has 1 aromatic carbocycles. The number of anilines is 3. The van der Waals surface area contributed by atoms with Crippen LogP contribution in [0.4, 0.5) is 17.3 Å². The standard InChI is InChI=1S/C12H12BrClN4/c1-2-16-11-6-15-7-12(18-11)17-10-4-3-8(13)5-9(10)14/h3-7H,2H2,1H3,(H2,16,17,18). The van der Waals surface area contributed by atoms with E-state index in [-0.39, 0.29) is 0 Å². The maximum Gasteiger partial charge on any atom is 0.151 e. The van der Waals surface area contributed by atoms with Crippen molar-refractivity contribution in [3.05, 3.63) is 40.1 Å². The molecule has 0 saturated heterocycles. The Morgan fingerprint density at radius 1 is 1.28 bits per heavy atom. The normalized spacial score (nSPS) is 10.2. The number of hydrogen-bond acceptors (Lipinski definition) is 4. The van der Waals surface area contributed by atoms with Crippen LogP contribution in [0.3, 0.4) is 0 Å². The fourth-order valence-corrected chi connectivity index (χ4v) is 2.14. The molecule has 0 aliphatic heterocycles. The first-order valence-corrected chi connectivity index (χ1v) is 6.64. The molecule has 0 unspecified atom stereocenters. The molecular formula is C12H12BrClN4. The Morgan fingerprint density at radius 3 is 2.78 bits per heavy atom. The van der Waals surface area contributed by atoms with Gasteiger partial charge in [-0.05, 0) is 25.1 Å². The van der Waals surface area contributed by atoms with E-state index in [2.05, 4.69) is 36.5 Å². The van der Waals surface area contributed by atoms with Crippen molar-refractivity contribution in [2.75, 3.05) is 17.2 Å². The van der Waals surface area contributed by atoms with Gasteiger partial charge in [-0.25, -0.2) is 4.98 Å². The summed E-state index contributed by atoms with van der Waals surface area (Å²) in [4.78, 5) is 8.47. The highest BCUT2D eigenvalue weighted by molar-refractivity contribution is 9.10. The van der Waals surface area contributed by atoms with Crippen molar-refractivity contribution in [3.8, 4) is 0 Å². The fourth-order valence-electron chi connectivity index (χ4n) is 1.42. The maximum atomic E-state index is 6.12. The van der Waals surface area contributed by atoms with Gasteiger partial charge in [0.05, 0.1) is 23.1 Å². The van der Waals surface area contributed by atoms with Crippen LogP contribution in [0.2, 0.25) is 5.02 Å². The second-order valence-corrected chi connectivity index (χ2v) is 4.89. The van der Waals surface area contributed by atoms with Crippen molar-refractivity contribution in [1.82, 2.24) is 9.97 Å². The molecule has 0 amide bonds. The SMILES string of the molecule is CCNc1cncc(Nc2ccc(Br)cc2Cl)n1. The zero-order valence-electron chi connectivity index (χ0n) is 9.74. The Bertz CT molecular complexity index is 547. The highest BCUT2D eigenvalue weighted by Gasteiger charge is 2.03. The number of nitrogens with zero attached hydrogens (tertiary/aromatic N) is 2. The van der Waals surface area contributed by atoms with Gasteiger partial charge in [0.25, 0.3) is 0 Å². The minimum absolute atomic E-state index is 0.625. The Hall–Kier alpha value is -1.33. The average Bonchev–Trinajstić information content (AvgIpc) is 2.34. The number of rotatable bonds is 4. The first-order valence-electron chi connectivity index (χ1n) is 5.47. The van der Waals surface area contributed by atoms with E-state index in [4.69, 9.17) is 11.6 Å². The van der Waals surface area contributed by atoms with Crippen LogP contribution in [0.25, 0.3) is 0 Å². The average molecular weight is 328 g/mol. The third-order valence-corrected chi connectivity index (χ3v) is 2.99. The number of halogens is 2. The van der Waals surface area contributed by atoms with E-state index < -0.39 is 0 Å². The van der Waals surface area contributed by atoms with Crippen LogP contribution >= 0.6 is 27.5 Å². The Labute approximate surface area is 119 Å². The van der Waals surface area contributed by atoms with Crippen molar-refractivity contribution in [3.63, 3.8) is 0 Å². The van der Waals surface area contributed by atoms with Gasteiger partial charge in [-0.2, -0.15) is 0 Å². The molecular weight excluding hydrogens is 316 g/mol. The molecule has 0 atom stereocenters. The van der Waals surface area contributed by atoms with Crippen LogP contribution in [0, 0.1) is 0 Å². The third kappa shape index (κ3) is 3.34. The second kappa shape index (κ2) is 6.02. The molecule has 2 aromatic rings. The molecule has 0 aliphatic carbocycles. The number of aromatic nitrogens is 2. The minimum atomic E-state index is 0.625. The van der Waals surface area contributed by atoms with E-state index >= 15 is 0 Å². The van der Waals surface area contributed by atoms with Crippen molar-refractivity contribution in [1.29, 1.82) is 0 Å². The van der Waals surface area contributed by atoms with Crippen LogP contribution in [0.15, 0.2) is 35.1 Å². The quantitative estimate of drug-likeness (QED) is 0.889. The lowest BCUT2D eigenvalue weighted by atomic mass is 10.3. The number of benzene rings is 1. The van der Waals surface area contributed by atoms with Gasteiger partial charge in [-0.3, -0.25) is 4.98 Å². The summed E-state index contributed by atoms with van der Waals surface area (Å²) in [7, 11) is 0. The van der Waals surface area contributed by atoms with Gasteiger partial charge in [-0.1, -0.05) is 27.5 Å². The van der Waals surface area contributed by atoms with Gasteiger partial charge in [-0.15, -0.1) is 0 Å². The summed E-state index contributed by atoms with van der Waals surface area (Å²) in [5, 5.41) is 6.86. The lowest BCUT2D eigenvalue weighted by Gasteiger charge is -2.09. The second-order valence-electron chi connectivity index (χ2n) is 3.57. The van der Waals surface area contributed by atoms with Crippen LogP contribution in [-0.2, 0) is 0 Å². The van der Waals surface area contributed by atoms with Gasteiger partial charge < -0.3 is 10.6 Å². The molecule has 0 aliphatic rings. The predicted octanol–water partition coefficient (Wildman–Crippen LogP) is 4.07. The van der Waals surface area contributed by atoms with E-state index in [0.29, 0.717) is 10.8 Å². The maximum absolute atomic E-state index is 6.12. The zero-order chi connectivity index (χ0) is 13.0. The molecule has 0 bridgehead atoms. The van der Waals surface area contributed by atoms with Crippen molar-refractivity contribution >= 4 is 44.9 Å². The zero-order valence-corrected chi connectivity index (χ0v) is 12.1. The smallest absolute Gasteiger partial charge is 0.151 e. The number of nitrogens with one attached hydrogen (secondary N) is 2. The van der Waals surface area contributed by atoms with Crippen LogP contribution in [0.5, 0.6) is 0 Å². The van der Waals surface area contributed by atoms with Gasteiger partial charge in [0.1, 0.15) is 5.82 Å². The summed E-state index contributed by atoms with van der Waals surface area (Å²) in [6, 6.07) is 5.62. The fraction of sp³-hybridized carbons (Fsp3) is 0.167. The van der Waals surface area contributed by atoms with Gasteiger partial charge in [0, 0.05) is 11.0 Å². The summed E-state index contributed by atoms with van der Waals surface area (Å²) >= 11 is 9.49. The lowest BCUT2D eigenvalue weighted by molar-refractivity contribution is 1.12. The minimum Gasteiger partial charge on any atom is -0.369 e. The largest absolute Gasteiger partial charge is 0.369 e. The molecule has 2 rings (SSSR count). The monoisotopic (exact) mass is 326 g/mol. The first kappa shape index (κ1) is 13.1. The summed E-state index contributed by atoms with van der Waals surface area (Å²) in [6.07, 6.45) is 3.33. The van der Waals surface area contributed by atoms with Crippen LogP contribution < -0.4 is 10.6 Å².